The molecule has 0 saturated carbocycles. The Morgan fingerprint density at radius 2 is 2.17 bits per heavy atom. The van der Waals surface area contributed by atoms with Crippen molar-refractivity contribution in [2.75, 3.05) is 0 Å². The zero-order valence-corrected chi connectivity index (χ0v) is 13.9. The molecule has 1 N–H and O–H groups in total. The van der Waals surface area contributed by atoms with Gasteiger partial charge in [0.1, 0.15) is 17.2 Å². The number of thiazole rings is 1. The van der Waals surface area contributed by atoms with Crippen molar-refractivity contribution in [1.82, 2.24) is 25.1 Å². The molecule has 0 amide bonds. The van der Waals surface area contributed by atoms with Crippen LogP contribution in [-0.2, 0) is 19.5 Å². The van der Waals surface area contributed by atoms with E-state index in [0.717, 1.165) is 42.5 Å². The molecule has 0 unspecified atom stereocenters. The fourth-order valence-corrected chi connectivity index (χ4v) is 3.96. The van der Waals surface area contributed by atoms with Crippen molar-refractivity contribution >= 4 is 11.3 Å². The SMILES string of the molecule is Cc1nc(-c2ccccc2)sc1CN[C@@H]1CCc2ncnn2C1. The van der Waals surface area contributed by atoms with E-state index in [9.17, 15) is 0 Å². The Bertz CT molecular complexity index is 792. The van der Waals surface area contributed by atoms with Gasteiger partial charge in [0.25, 0.3) is 0 Å². The number of aryl methyl sites for hydroxylation is 2. The van der Waals surface area contributed by atoms with Crippen LogP contribution < -0.4 is 5.32 Å². The lowest BCUT2D eigenvalue weighted by molar-refractivity contribution is 0.358. The molecule has 6 heteroatoms. The second kappa shape index (κ2) is 6.22. The van der Waals surface area contributed by atoms with Crippen molar-refractivity contribution in [3.63, 3.8) is 0 Å². The van der Waals surface area contributed by atoms with Gasteiger partial charge >= 0.3 is 0 Å². The van der Waals surface area contributed by atoms with E-state index in [1.54, 1.807) is 17.7 Å². The van der Waals surface area contributed by atoms with E-state index in [4.69, 9.17) is 4.98 Å². The lowest BCUT2D eigenvalue weighted by Crippen LogP contribution is -2.37. The Kier molecular flexibility index (Phi) is 3.93. The van der Waals surface area contributed by atoms with Gasteiger partial charge in [0, 0.05) is 29.4 Å². The molecule has 1 aliphatic rings. The van der Waals surface area contributed by atoms with Crippen LogP contribution in [0.3, 0.4) is 0 Å². The van der Waals surface area contributed by atoms with Gasteiger partial charge in [0.15, 0.2) is 0 Å². The van der Waals surface area contributed by atoms with Crippen molar-refractivity contribution in [2.24, 2.45) is 0 Å². The molecule has 1 aliphatic heterocycles. The smallest absolute Gasteiger partial charge is 0.138 e. The van der Waals surface area contributed by atoms with Crippen molar-refractivity contribution in [3.8, 4) is 10.6 Å². The molecule has 118 valence electrons. The molecule has 3 heterocycles. The molecule has 0 aliphatic carbocycles. The molecule has 0 bridgehead atoms. The van der Waals surface area contributed by atoms with Crippen LogP contribution in [0.15, 0.2) is 36.7 Å². The Hall–Kier alpha value is -2.05. The molecule has 5 nitrogen and oxygen atoms in total. The van der Waals surface area contributed by atoms with Crippen LogP contribution in [0.2, 0.25) is 0 Å². The van der Waals surface area contributed by atoms with E-state index in [2.05, 4.69) is 46.6 Å². The summed E-state index contributed by atoms with van der Waals surface area (Å²) in [6.07, 6.45) is 3.76. The third-order valence-electron chi connectivity index (χ3n) is 4.27. The molecule has 3 aromatic rings. The van der Waals surface area contributed by atoms with E-state index in [1.807, 2.05) is 10.7 Å². The van der Waals surface area contributed by atoms with E-state index < -0.39 is 0 Å². The molecule has 23 heavy (non-hydrogen) atoms. The molecule has 1 atom stereocenters. The largest absolute Gasteiger partial charge is 0.307 e. The predicted molar refractivity (Wildman–Crippen MR) is 91.3 cm³/mol. The zero-order valence-electron chi connectivity index (χ0n) is 13.1. The van der Waals surface area contributed by atoms with Crippen LogP contribution in [0.25, 0.3) is 10.6 Å². The maximum atomic E-state index is 4.72. The lowest BCUT2D eigenvalue weighted by atomic mass is 10.1. The summed E-state index contributed by atoms with van der Waals surface area (Å²) in [5.41, 5.74) is 2.32. The second-order valence-electron chi connectivity index (χ2n) is 5.87. The first-order valence-corrected chi connectivity index (χ1v) is 8.73. The minimum absolute atomic E-state index is 0.450. The monoisotopic (exact) mass is 325 g/mol. The van der Waals surface area contributed by atoms with Gasteiger partial charge in [0.2, 0.25) is 0 Å². The van der Waals surface area contributed by atoms with Gasteiger partial charge in [-0.2, -0.15) is 5.10 Å². The van der Waals surface area contributed by atoms with Crippen LogP contribution in [0.1, 0.15) is 22.8 Å². The zero-order chi connectivity index (χ0) is 15.6. The van der Waals surface area contributed by atoms with Gasteiger partial charge in [-0.1, -0.05) is 30.3 Å². The Balaban J connectivity index is 1.43. The molecule has 1 aromatic carbocycles. The molecule has 0 radical (unpaired) electrons. The summed E-state index contributed by atoms with van der Waals surface area (Å²) in [6.45, 7) is 3.86. The maximum absolute atomic E-state index is 4.72. The molecule has 0 fully saturated rings. The average Bonchev–Trinajstić information content (AvgIpc) is 3.19. The van der Waals surface area contributed by atoms with Crippen LogP contribution >= 0.6 is 11.3 Å². The summed E-state index contributed by atoms with van der Waals surface area (Å²) in [4.78, 5) is 10.3. The van der Waals surface area contributed by atoms with Gasteiger partial charge in [0.05, 0.1) is 12.2 Å². The first-order chi connectivity index (χ1) is 11.3. The summed E-state index contributed by atoms with van der Waals surface area (Å²) in [6, 6.07) is 10.8. The van der Waals surface area contributed by atoms with E-state index in [1.165, 1.54) is 10.4 Å². The Morgan fingerprint density at radius 3 is 3.04 bits per heavy atom. The first kappa shape index (κ1) is 14.5. The number of nitrogens with one attached hydrogen (secondary N) is 1. The standard InChI is InChI=1S/C17H19N5S/c1-12-15(23-17(21-12)13-5-3-2-4-6-13)9-18-14-7-8-16-19-11-20-22(16)10-14/h2-6,11,14,18H,7-10H2,1H3/t14-/m1/s1. The average molecular weight is 325 g/mol. The fourth-order valence-electron chi connectivity index (χ4n) is 2.94. The third-order valence-corrected chi connectivity index (χ3v) is 5.48. The summed E-state index contributed by atoms with van der Waals surface area (Å²) in [5, 5.41) is 9.03. The predicted octanol–water partition coefficient (Wildman–Crippen LogP) is 2.81. The van der Waals surface area contributed by atoms with Crippen LogP contribution in [-0.4, -0.2) is 25.8 Å². The number of benzene rings is 1. The van der Waals surface area contributed by atoms with Gasteiger partial charge in [-0.3, -0.25) is 0 Å². The maximum Gasteiger partial charge on any atom is 0.138 e. The number of fused-ring (bicyclic) bond motifs is 1. The molecular weight excluding hydrogens is 306 g/mol. The van der Waals surface area contributed by atoms with Crippen LogP contribution in [0.4, 0.5) is 0 Å². The van der Waals surface area contributed by atoms with E-state index >= 15 is 0 Å². The highest BCUT2D eigenvalue weighted by atomic mass is 32.1. The highest BCUT2D eigenvalue weighted by molar-refractivity contribution is 7.15. The summed E-state index contributed by atoms with van der Waals surface area (Å²) >= 11 is 1.78. The molecule has 0 saturated heterocycles. The van der Waals surface area contributed by atoms with Gasteiger partial charge < -0.3 is 5.32 Å². The van der Waals surface area contributed by atoms with Crippen molar-refractivity contribution < 1.29 is 0 Å². The van der Waals surface area contributed by atoms with Gasteiger partial charge in [-0.25, -0.2) is 14.6 Å². The summed E-state index contributed by atoms with van der Waals surface area (Å²) < 4.78 is 2.01. The normalized spacial score (nSPS) is 17.2. The number of aromatic nitrogens is 4. The minimum Gasteiger partial charge on any atom is -0.307 e. The third kappa shape index (κ3) is 3.04. The Labute approximate surface area is 139 Å². The van der Waals surface area contributed by atoms with Gasteiger partial charge in [-0.15, -0.1) is 11.3 Å². The lowest BCUT2D eigenvalue weighted by Gasteiger charge is -2.23. The molecular formula is C17H19N5S. The molecule has 2 aromatic heterocycles. The summed E-state index contributed by atoms with van der Waals surface area (Å²) in [7, 11) is 0. The van der Waals surface area contributed by atoms with Crippen LogP contribution in [0, 0.1) is 6.92 Å². The number of nitrogens with zero attached hydrogens (tertiary/aromatic N) is 4. The van der Waals surface area contributed by atoms with Crippen molar-refractivity contribution in [1.29, 1.82) is 0 Å². The van der Waals surface area contributed by atoms with E-state index in [0.29, 0.717) is 6.04 Å². The summed E-state index contributed by atoms with van der Waals surface area (Å²) in [5.74, 6) is 1.10. The highest BCUT2D eigenvalue weighted by Gasteiger charge is 2.20. The Morgan fingerprint density at radius 1 is 1.30 bits per heavy atom. The number of rotatable bonds is 4. The van der Waals surface area contributed by atoms with E-state index in [-0.39, 0.29) is 0 Å². The second-order valence-corrected chi connectivity index (χ2v) is 6.95. The molecule has 4 rings (SSSR count). The minimum atomic E-state index is 0.450. The van der Waals surface area contributed by atoms with Gasteiger partial charge in [-0.05, 0) is 13.3 Å². The highest BCUT2D eigenvalue weighted by Crippen LogP contribution is 2.27. The molecule has 0 spiro atoms. The first-order valence-electron chi connectivity index (χ1n) is 7.91. The topological polar surface area (TPSA) is 55.6 Å². The number of hydrogen-bond donors (Lipinski definition) is 1. The van der Waals surface area contributed by atoms with Crippen molar-refractivity contribution in [2.45, 2.75) is 38.9 Å². The fraction of sp³-hybridized carbons (Fsp3) is 0.353. The van der Waals surface area contributed by atoms with Crippen LogP contribution in [0.5, 0.6) is 0 Å². The quantitative estimate of drug-likeness (QED) is 0.801. The number of hydrogen-bond acceptors (Lipinski definition) is 5. The van der Waals surface area contributed by atoms with Crippen molar-refractivity contribution in [3.05, 3.63) is 53.1 Å².